The third-order valence-corrected chi connectivity index (χ3v) is 5.25. The van der Waals surface area contributed by atoms with Gasteiger partial charge in [-0.2, -0.15) is 0 Å². The Balaban J connectivity index is 1.88. The number of hydrogen-bond acceptors (Lipinski definition) is 2. The van der Waals surface area contributed by atoms with Gasteiger partial charge in [-0.25, -0.2) is 13.1 Å². The molecule has 0 fully saturated rings. The monoisotopic (exact) mass is 314 g/mol. The first-order chi connectivity index (χ1) is 10.5. The molecule has 22 heavy (non-hydrogen) atoms. The second-order valence-electron chi connectivity index (χ2n) is 5.43. The van der Waals surface area contributed by atoms with Crippen molar-refractivity contribution in [1.82, 2.24) is 9.71 Å². The quantitative estimate of drug-likeness (QED) is 0.776. The molecule has 0 saturated heterocycles. The van der Waals surface area contributed by atoms with Crippen molar-refractivity contribution in [2.45, 2.75) is 25.4 Å². The molecule has 4 nitrogen and oxygen atoms in total. The summed E-state index contributed by atoms with van der Waals surface area (Å²) in [4.78, 5) is 3.00. The molecule has 0 unspecified atom stereocenters. The van der Waals surface area contributed by atoms with E-state index in [1.165, 1.54) is 0 Å². The highest BCUT2D eigenvalue weighted by Gasteiger charge is 2.20. The van der Waals surface area contributed by atoms with Crippen LogP contribution in [0.25, 0.3) is 10.9 Å². The average molecular weight is 314 g/mol. The largest absolute Gasteiger partial charge is 0.344 e. The molecular formula is C17H18N2O2S. The van der Waals surface area contributed by atoms with Crippen molar-refractivity contribution in [1.29, 1.82) is 0 Å². The van der Waals surface area contributed by atoms with Crippen LogP contribution < -0.4 is 4.72 Å². The fourth-order valence-corrected chi connectivity index (χ4v) is 3.74. The van der Waals surface area contributed by atoms with Crippen LogP contribution in [0.2, 0.25) is 0 Å². The van der Waals surface area contributed by atoms with Gasteiger partial charge in [0, 0.05) is 17.4 Å². The van der Waals surface area contributed by atoms with E-state index in [0.29, 0.717) is 0 Å². The van der Waals surface area contributed by atoms with E-state index in [2.05, 4.69) is 9.71 Å². The first-order valence-electron chi connectivity index (χ1n) is 7.10. The SMILES string of the molecule is Cc1ccc(CNS(=O)(=O)c2[nH]c3ccccc3c2C)cc1. The number of fused-ring (bicyclic) bond motifs is 1. The van der Waals surface area contributed by atoms with Gasteiger partial charge in [-0.15, -0.1) is 0 Å². The van der Waals surface area contributed by atoms with Gasteiger partial charge in [0.1, 0.15) is 0 Å². The molecule has 2 aromatic carbocycles. The first-order valence-corrected chi connectivity index (χ1v) is 8.58. The molecule has 3 rings (SSSR count). The molecule has 0 aliphatic carbocycles. The van der Waals surface area contributed by atoms with Gasteiger partial charge in [-0.1, -0.05) is 48.0 Å². The predicted octanol–water partition coefficient (Wildman–Crippen LogP) is 3.26. The second-order valence-corrected chi connectivity index (χ2v) is 7.14. The van der Waals surface area contributed by atoms with Crippen LogP contribution in [-0.4, -0.2) is 13.4 Å². The lowest BCUT2D eigenvalue weighted by Crippen LogP contribution is -2.24. The number of H-pyrrole nitrogens is 1. The molecule has 0 aliphatic rings. The Kier molecular flexibility index (Phi) is 3.76. The summed E-state index contributed by atoms with van der Waals surface area (Å²) in [6.45, 7) is 4.10. The van der Waals surface area contributed by atoms with Gasteiger partial charge in [0.2, 0.25) is 0 Å². The summed E-state index contributed by atoms with van der Waals surface area (Å²) in [6.07, 6.45) is 0. The van der Waals surface area contributed by atoms with Crippen LogP contribution in [0.5, 0.6) is 0 Å². The van der Waals surface area contributed by atoms with E-state index in [-0.39, 0.29) is 11.6 Å². The van der Waals surface area contributed by atoms with Crippen LogP contribution in [0.15, 0.2) is 53.6 Å². The predicted molar refractivity (Wildman–Crippen MR) is 88.2 cm³/mol. The summed E-state index contributed by atoms with van der Waals surface area (Å²) in [5, 5.41) is 1.17. The van der Waals surface area contributed by atoms with E-state index in [1.54, 1.807) is 0 Å². The van der Waals surface area contributed by atoms with Gasteiger partial charge < -0.3 is 4.98 Å². The number of aromatic nitrogens is 1. The zero-order valence-electron chi connectivity index (χ0n) is 12.6. The molecule has 1 heterocycles. The molecule has 3 aromatic rings. The average Bonchev–Trinajstić information content (AvgIpc) is 2.85. The lowest BCUT2D eigenvalue weighted by molar-refractivity contribution is 0.577. The van der Waals surface area contributed by atoms with E-state index >= 15 is 0 Å². The van der Waals surface area contributed by atoms with Crippen LogP contribution in [0, 0.1) is 13.8 Å². The molecule has 0 radical (unpaired) electrons. The molecule has 114 valence electrons. The van der Waals surface area contributed by atoms with E-state index < -0.39 is 10.0 Å². The van der Waals surface area contributed by atoms with Gasteiger partial charge >= 0.3 is 0 Å². The van der Waals surface area contributed by atoms with Crippen molar-refractivity contribution in [3.63, 3.8) is 0 Å². The molecule has 0 bridgehead atoms. The summed E-state index contributed by atoms with van der Waals surface area (Å²) in [5.74, 6) is 0. The van der Waals surface area contributed by atoms with Crippen LogP contribution in [-0.2, 0) is 16.6 Å². The highest BCUT2D eigenvalue weighted by Crippen LogP contribution is 2.24. The van der Waals surface area contributed by atoms with Crippen molar-refractivity contribution < 1.29 is 8.42 Å². The molecule has 0 atom stereocenters. The molecule has 5 heteroatoms. The molecular weight excluding hydrogens is 296 g/mol. The highest BCUT2D eigenvalue weighted by molar-refractivity contribution is 7.89. The second kappa shape index (κ2) is 5.59. The van der Waals surface area contributed by atoms with Gasteiger partial charge in [-0.3, -0.25) is 0 Å². The molecule has 0 aliphatic heterocycles. The molecule has 1 aromatic heterocycles. The van der Waals surface area contributed by atoms with Crippen molar-refractivity contribution in [2.75, 3.05) is 0 Å². The minimum absolute atomic E-state index is 0.237. The van der Waals surface area contributed by atoms with E-state index in [0.717, 1.165) is 27.6 Å². The highest BCUT2D eigenvalue weighted by atomic mass is 32.2. The van der Waals surface area contributed by atoms with Crippen LogP contribution >= 0.6 is 0 Å². The zero-order chi connectivity index (χ0) is 15.7. The summed E-state index contributed by atoms with van der Waals surface area (Å²) >= 11 is 0. The summed E-state index contributed by atoms with van der Waals surface area (Å²) < 4.78 is 27.7. The maximum absolute atomic E-state index is 12.5. The number of rotatable bonds is 4. The number of para-hydroxylation sites is 1. The third kappa shape index (κ3) is 2.77. The molecule has 0 saturated carbocycles. The smallest absolute Gasteiger partial charge is 0.256 e. The summed E-state index contributed by atoms with van der Waals surface area (Å²) in [6, 6.07) is 15.4. The van der Waals surface area contributed by atoms with Crippen molar-refractivity contribution in [2.24, 2.45) is 0 Å². The van der Waals surface area contributed by atoms with Crippen LogP contribution in [0.1, 0.15) is 16.7 Å². The fraction of sp³-hybridized carbons (Fsp3) is 0.176. The van der Waals surface area contributed by atoms with Crippen molar-refractivity contribution in [3.05, 3.63) is 65.2 Å². The third-order valence-electron chi connectivity index (χ3n) is 3.78. The van der Waals surface area contributed by atoms with Crippen molar-refractivity contribution in [3.8, 4) is 0 Å². The topological polar surface area (TPSA) is 62.0 Å². The van der Waals surface area contributed by atoms with E-state index in [4.69, 9.17) is 0 Å². The Morgan fingerprint density at radius 2 is 1.68 bits per heavy atom. The first kappa shape index (κ1) is 14.8. The Morgan fingerprint density at radius 1 is 1.00 bits per heavy atom. The maximum Gasteiger partial charge on any atom is 0.256 e. The maximum atomic E-state index is 12.5. The standard InChI is InChI=1S/C17H18N2O2S/c1-12-7-9-14(10-8-12)11-18-22(20,21)17-13(2)15-5-3-4-6-16(15)19-17/h3-10,18-19H,11H2,1-2H3. The molecule has 0 amide bonds. The van der Waals surface area contributed by atoms with Gasteiger partial charge in [0.15, 0.2) is 5.03 Å². The van der Waals surface area contributed by atoms with Gasteiger partial charge in [0.05, 0.1) is 0 Å². The van der Waals surface area contributed by atoms with Crippen LogP contribution in [0.4, 0.5) is 0 Å². The van der Waals surface area contributed by atoms with Crippen LogP contribution in [0.3, 0.4) is 0 Å². The Labute approximate surface area is 130 Å². The summed E-state index contributed by atoms with van der Waals surface area (Å²) in [7, 11) is -3.57. The number of benzene rings is 2. The number of nitrogens with one attached hydrogen (secondary N) is 2. The Morgan fingerprint density at radius 3 is 2.36 bits per heavy atom. The van der Waals surface area contributed by atoms with E-state index in [9.17, 15) is 8.42 Å². The lowest BCUT2D eigenvalue weighted by Gasteiger charge is -2.06. The van der Waals surface area contributed by atoms with Gasteiger partial charge in [-0.05, 0) is 31.0 Å². The summed E-state index contributed by atoms with van der Waals surface area (Å²) in [5.41, 5.74) is 3.66. The fourth-order valence-electron chi connectivity index (χ4n) is 2.48. The minimum atomic E-state index is -3.57. The Hall–Kier alpha value is -2.11. The van der Waals surface area contributed by atoms with Gasteiger partial charge in [0.25, 0.3) is 10.0 Å². The van der Waals surface area contributed by atoms with E-state index in [1.807, 2.05) is 62.4 Å². The minimum Gasteiger partial charge on any atom is -0.344 e. The number of aromatic amines is 1. The number of aryl methyl sites for hydroxylation is 2. The number of sulfonamides is 1. The normalized spacial score (nSPS) is 11.9. The molecule has 0 spiro atoms. The lowest BCUT2D eigenvalue weighted by atomic mass is 10.2. The Bertz CT molecular complexity index is 909. The zero-order valence-corrected chi connectivity index (χ0v) is 13.4. The molecule has 2 N–H and O–H groups in total. The number of hydrogen-bond donors (Lipinski definition) is 2. The van der Waals surface area contributed by atoms with Crippen molar-refractivity contribution >= 4 is 20.9 Å².